The van der Waals surface area contributed by atoms with Gasteiger partial charge in [-0.05, 0) is 0 Å². The van der Waals surface area contributed by atoms with Crippen molar-refractivity contribution in [3.63, 3.8) is 0 Å². The third-order valence-electron chi connectivity index (χ3n) is 0. The van der Waals surface area contributed by atoms with Gasteiger partial charge in [0, 0.05) is 62.1 Å². The Kier molecular flexibility index (Phi) is 191. The zero-order chi connectivity index (χ0) is 0. The van der Waals surface area contributed by atoms with Crippen molar-refractivity contribution < 1.29 is 27.2 Å². The summed E-state index contributed by atoms with van der Waals surface area (Å²) in [5.41, 5.74) is 0. The smallest absolute Gasteiger partial charge is 0 e. The van der Waals surface area contributed by atoms with Crippen molar-refractivity contribution >= 4 is 40.4 Å². The summed E-state index contributed by atoms with van der Waals surface area (Å²) in [7, 11) is 0. The second kappa shape index (κ2) is 20.2. The fourth-order valence-electron chi connectivity index (χ4n) is 0. The summed E-state index contributed by atoms with van der Waals surface area (Å²) in [4.78, 5) is 0. The Morgan fingerprint density at radius 2 is 1.00 bits per heavy atom. The molecule has 0 spiro atoms. The van der Waals surface area contributed by atoms with E-state index in [1.165, 1.54) is 0 Å². The van der Waals surface area contributed by atoms with Crippen LogP contribution in [0.25, 0.3) is 0 Å². The Balaban J connectivity index is 0. The maximum absolute atomic E-state index is 0. The van der Waals surface area contributed by atoms with E-state index in [0.29, 0.717) is 0 Å². The largest absolute Gasteiger partial charge is 0.412 e. The fourth-order valence-corrected chi connectivity index (χ4v) is 0. The monoisotopic (exact) mass is 117 g/mol. The molecule has 0 aliphatic carbocycles. The maximum atomic E-state index is 0. The Morgan fingerprint density at radius 3 is 1.00 bits per heavy atom. The SMILES string of the molecule is O.[Al].[Mg].[Ti]. The Morgan fingerprint density at radius 1 is 1.00 bits per heavy atom. The molecule has 0 heterocycles. The van der Waals surface area contributed by atoms with Gasteiger partial charge in [-0.2, -0.15) is 0 Å². The van der Waals surface area contributed by atoms with Crippen molar-refractivity contribution in [2.75, 3.05) is 0 Å². The molecule has 4 heteroatoms. The second-order valence-electron chi connectivity index (χ2n) is 0. The molecule has 0 saturated heterocycles. The van der Waals surface area contributed by atoms with Crippen molar-refractivity contribution in [1.82, 2.24) is 0 Å². The van der Waals surface area contributed by atoms with Gasteiger partial charge in [-0.25, -0.2) is 0 Å². The zero-order valence-electron chi connectivity index (χ0n) is 2.28. The van der Waals surface area contributed by atoms with Crippen molar-refractivity contribution in [3.05, 3.63) is 0 Å². The molecule has 0 aromatic carbocycles. The average molecular weight is 117 g/mol. The van der Waals surface area contributed by atoms with Gasteiger partial charge >= 0.3 is 0 Å². The van der Waals surface area contributed by atoms with Crippen molar-refractivity contribution in [1.29, 1.82) is 0 Å². The van der Waals surface area contributed by atoms with Crippen LogP contribution in [-0.4, -0.2) is 45.9 Å². The van der Waals surface area contributed by atoms with Gasteiger partial charge in [0.15, 0.2) is 0 Å². The van der Waals surface area contributed by atoms with E-state index in [2.05, 4.69) is 0 Å². The summed E-state index contributed by atoms with van der Waals surface area (Å²) in [5, 5.41) is 0. The molecule has 2 N–H and O–H groups in total. The summed E-state index contributed by atoms with van der Waals surface area (Å²) in [6, 6.07) is 0. The van der Waals surface area contributed by atoms with E-state index in [0.717, 1.165) is 0 Å². The molecule has 0 aliphatic heterocycles. The molecule has 1 nitrogen and oxygen atoms in total. The maximum Gasteiger partial charge on any atom is 0 e. The quantitative estimate of drug-likeness (QED) is 0.343. The Hall–Kier alpha value is 1.97. The molecule has 0 bridgehead atoms. The van der Waals surface area contributed by atoms with E-state index in [1.807, 2.05) is 0 Å². The fraction of sp³-hybridized carbons (Fsp3) is 0. The first kappa shape index (κ1) is 37.9. The molecule has 0 aromatic heterocycles. The topological polar surface area (TPSA) is 31.5 Å². The third-order valence-corrected chi connectivity index (χ3v) is 0. The minimum Gasteiger partial charge on any atom is -0.412 e. The van der Waals surface area contributed by atoms with Gasteiger partial charge in [-0.3, -0.25) is 0 Å². The first-order chi connectivity index (χ1) is 0. The average Bonchev–Trinajstić information content (AvgIpc) is 0. The van der Waals surface area contributed by atoms with Gasteiger partial charge in [-0.1, -0.05) is 0 Å². The van der Waals surface area contributed by atoms with Crippen LogP contribution >= 0.6 is 0 Å². The molecule has 0 amide bonds. The predicted molar refractivity (Wildman–Crippen MR) is 15.1 cm³/mol. The van der Waals surface area contributed by atoms with Crippen LogP contribution in [0.4, 0.5) is 0 Å². The number of rotatable bonds is 0. The molecule has 0 rings (SSSR count). The number of hydrogen-bond donors (Lipinski definition) is 0. The minimum atomic E-state index is 0. The van der Waals surface area contributed by atoms with Gasteiger partial charge in [0.25, 0.3) is 0 Å². The molecular weight excluding hydrogens is 115 g/mol. The molecule has 5 radical (unpaired) electrons. The summed E-state index contributed by atoms with van der Waals surface area (Å²) in [6.07, 6.45) is 0. The van der Waals surface area contributed by atoms with Gasteiger partial charge in [-0.15, -0.1) is 0 Å². The molecule has 0 aliphatic rings. The molecule has 0 saturated carbocycles. The van der Waals surface area contributed by atoms with Crippen LogP contribution in [0.3, 0.4) is 0 Å². The van der Waals surface area contributed by atoms with E-state index in [9.17, 15) is 0 Å². The van der Waals surface area contributed by atoms with Crippen LogP contribution in [0.5, 0.6) is 0 Å². The zero-order valence-corrected chi connectivity index (χ0v) is 6.41. The van der Waals surface area contributed by atoms with Crippen LogP contribution in [0, 0.1) is 0 Å². The second-order valence-corrected chi connectivity index (χ2v) is 0. The van der Waals surface area contributed by atoms with Crippen LogP contribution in [0.15, 0.2) is 0 Å². The molecular formula is H2AlMgOTi. The van der Waals surface area contributed by atoms with Crippen LogP contribution in [-0.2, 0) is 21.7 Å². The van der Waals surface area contributed by atoms with Crippen molar-refractivity contribution in [3.8, 4) is 0 Å². The standard InChI is InChI=1S/Al.Mg.H2O.Ti/h;;1H2;. The molecule has 0 fully saturated rings. The summed E-state index contributed by atoms with van der Waals surface area (Å²) >= 11 is 0. The molecule has 17 valence electrons. The molecule has 4 heavy (non-hydrogen) atoms. The summed E-state index contributed by atoms with van der Waals surface area (Å²) < 4.78 is 0. The normalized spacial score (nSPS) is 0. The van der Waals surface area contributed by atoms with Gasteiger partial charge < -0.3 is 5.48 Å². The Labute approximate surface area is 67.0 Å². The first-order valence-corrected chi connectivity index (χ1v) is 0. The molecule has 0 aromatic rings. The van der Waals surface area contributed by atoms with Gasteiger partial charge in [0.2, 0.25) is 0 Å². The van der Waals surface area contributed by atoms with E-state index < -0.39 is 0 Å². The van der Waals surface area contributed by atoms with E-state index in [1.54, 1.807) is 0 Å². The van der Waals surface area contributed by atoms with E-state index in [-0.39, 0.29) is 67.6 Å². The molecule has 0 unspecified atom stereocenters. The van der Waals surface area contributed by atoms with Crippen LogP contribution in [0.2, 0.25) is 0 Å². The van der Waals surface area contributed by atoms with Crippen molar-refractivity contribution in [2.45, 2.75) is 0 Å². The number of hydrogen-bond acceptors (Lipinski definition) is 0. The van der Waals surface area contributed by atoms with E-state index >= 15 is 0 Å². The predicted octanol–water partition coefficient (Wildman–Crippen LogP) is -1.59. The third kappa shape index (κ3) is 9.02. The minimum absolute atomic E-state index is 0. The van der Waals surface area contributed by atoms with E-state index in [4.69, 9.17) is 0 Å². The van der Waals surface area contributed by atoms with Crippen molar-refractivity contribution in [2.24, 2.45) is 0 Å². The van der Waals surface area contributed by atoms with Crippen LogP contribution < -0.4 is 0 Å². The summed E-state index contributed by atoms with van der Waals surface area (Å²) in [5.74, 6) is 0. The van der Waals surface area contributed by atoms with Gasteiger partial charge in [0.05, 0.1) is 0 Å². The van der Waals surface area contributed by atoms with Gasteiger partial charge in [0.1, 0.15) is 0 Å². The Bertz CT molecular complexity index is 8.00. The summed E-state index contributed by atoms with van der Waals surface area (Å²) in [6.45, 7) is 0. The molecule has 0 atom stereocenters. The first-order valence-electron chi connectivity index (χ1n) is 0. The van der Waals surface area contributed by atoms with Crippen LogP contribution in [0.1, 0.15) is 0 Å².